The van der Waals surface area contributed by atoms with Crippen molar-refractivity contribution in [3.05, 3.63) is 24.3 Å². The molecule has 1 aromatic rings. The second kappa shape index (κ2) is 4.13. The second-order valence-corrected chi connectivity index (χ2v) is 4.69. The highest BCUT2D eigenvalue weighted by Crippen LogP contribution is 2.32. The minimum atomic E-state index is 0.0199. The molecule has 0 heterocycles. The average Bonchev–Trinajstić information content (AvgIpc) is 2.18. The van der Waals surface area contributed by atoms with Gasteiger partial charge < -0.3 is 10.5 Å². The van der Waals surface area contributed by atoms with Crippen LogP contribution < -0.4 is 10.5 Å². The van der Waals surface area contributed by atoms with Gasteiger partial charge in [-0.15, -0.1) is 0 Å². The molecule has 1 aliphatic rings. The number of benzene rings is 1. The first kappa shape index (κ1) is 10.3. The van der Waals surface area contributed by atoms with Crippen LogP contribution in [0.2, 0.25) is 0 Å². The molecule has 0 atom stereocenters. The molecule has 1 aliphatic carbocycles. The maximum absolute atomic E-state index is 6.04. The zero-order valence-corrected chi connectivity index (χ0v) is 9.33. The molecule has 2 N–H and O–H groups in total. The monoisotopic (exact) mass is 205 g/mol. The van der Waals surface area contributed by atoms with Crippen LogP contribution in [0.5, 0.6) is 5.75 Å². The van der Waals surface area contributed by atoms with Crippen molar-refractivity contribution >= 4 is 5.69 Å². The van der Waals surface area contributed by atoms with Crippen LogP contribution in [0.1, 0.15) is 39.0 Å². The molecule has 1 fully saturated rings. The van der Waals surface area contributed by atoms with Gasteiger partial charge >= 0.3 is 0 Å². The summed E-state index contributed by atoms with van der Waals surface area (Å²) in [7, 11) is 0. The summed E-state index contributed by atoms with van der Waals surface area (Å²) in [5, 5.41) is 0. The quantitative estimate of drug-likeness (QED) is 0.751. The Morgan fingerprint density at radius 1 is 1.20 bits per heavy atom. The van der Waals surface area contributed by atoms with E-state index in [0.29, 0.717) is 0 Å². The van der Waals surface area contributed by atoms with E-state index in [-0.39, 0.29) is 5.60 Å². The number of anilines is 1. The largest absolute Gasteiger partial charge is 0.488 e. The van der Waals surface area contributed by atoms with Crippen LogP contribution in [0.25, 0.3) is 0 Å². The first-order valence-electron chi connectivity index (χ1n) is 5.73. The van der Waals surface area contributed by atoms with Crippen LogP contribution in [0.3, 0.4) is 0 Å². The summed E-state index contributed by atoms with van der Waals surface area (Å²) in [5.74, 6) is 0.902. The van der Waals surface area contributed by atoms with Crippen LogP contribution in [-0.4, -0.2) is 5.60 Å². The fraction of sp³-hybridized carbons (Fsp3) is 0.538. The van der Waals surface area contributed by atoms with E-state index < -0.39 is 0 Å². The summed E-state index contributed by atoms with van der Waals surface area (Å²) in [6.07, 6.45) is 6.21. The molecule has 2 nitrogen and oxygen atoms in total. The zero-order chi connectivity index (χ0) is 10.7. The minimum absolute atomic E-state index is 0.0199. The summed E-state index contributed by atoms with van der Waals surface area (Å²) in [6.45, 7) is 2.20. The van der Waals surface area contributed by atoms with Gasteiger partial charge in [0.1, 0.15) is 11.4 Å². The molecule has 0 saturated heterocycles. The Kier molecular flexibility index (Phi) is 2.85. The van der Waals surface area contributed by atoms with Crippen molar-refractivity contribution in [2.24, 2.45) is 0 Å². The van der Waals surface area contributed by atoms with Crippen molar-refractivity contribution in [3.63, 3.8) is 0 Å². The molecular formula is C13H19NO. The van der Waals surface area contributed by atoms with Crippen molar-refractivity contribution < 1.29 is 4.74 Å². The fourth-order valence-corrected chi connectivity index (χ4v) is 2.26. The van der Waals surface area contributed by atoms with E-state index in [1.807, 2.05) is 24.3 Å². The van der Waals surface area contributed by atoms with Crippen LogP contribution in [0.15, 0.2) is 24.3 Å². The summed E-state index contributed by atoms with van der Waals surface area (Å²) in [5.41, 5.74) is 6.52. The maximum Gasteiger partial charge on any atom is 0.122 e. The normalized spacial score (nSPS) is 19.8. The Morgan fingerprint density at radius 3 is 2.60 bits per heavy atom. The molecular weight excluding hydrogens is 186 g/mol. The molecule has 0 spiro atoms. The third-order valence-corrected chi connectivity index (χ3v) is 3.13. The van der Waals surface area contributed by atoms with E-state index >= 15 is 0 Å². The van der Waals surface area contributed by atoms with Crippen molar-refractivity contribution in [1.29, 1.82) is 0 Å². The number of nitrogen functional groups attached to an aromatic ring is 1. The van der Waals surface area contributed by atoms with Crippen LogP contribution in [0, 0.1) is 0 Å². The first-order chi connectivity index (χ1) is 7.18. The Morgan fingerprint density at radius 2 is 1.93 bits per heavy atom. The average molecular weight is 205 g/mol. The molecule has 82 valence electrons. The highest BCUT2D eigenvalue weighted by atomic mass is 16.5. The SMILES string of the molecule is CC1(Oc2cccc(N)c2)CCCCC1. The third kappa shape index (κ3) is 2.65. The van der Waals surface area contributed by atoms with E-state index in [9.17, 15) is 0 Å². The van der Waals surface area contributed by atoms with Crippen LogP contribution in [0.4, 0.5) is 5.69 Å². The van der Waals surface area contributed by atoms with Crippen molar-refractivity contribution in [2.45, 2.75) is 44.6 Å². The van der Waals surface area contributed by atoms with Gasteiger partial charge in [0.2, 0.25) is 0 Å². The number of hydrogen-bond acceptors (Lipinski definition) is 2. The Bertz CT molecular complexity index is 329. The molecule has 0 unspecified atom stereocenters. The molecule has 0 bridgehead atoms. The van der Waals surface area contributed by atoms with Gasteiger partial charge in [0.15, 0.2) is 0 Å². The lowest BCUT2D eigenvalue weighted by molar-refractivity contribution is 0.0488. The summed E-state index contributed by atoms with van der Waals surface area (Å²) >= 11 is 0. The van der Waals surface area contributed by atoms with Gasteiger partial charge in [-0.2, -0.15) is 0 Å². The third-order valence-electron chi connectivity index (χ3n) is 3.13. The van der Waals surface area contributed by atoms with Crippen LogP contribution >= 0.6 is 0 Å². The molecule has 2 heteroatoms. The Hall–Kier alpha value is -1.18. The topological polar surface area (TPSA) is 35.2 Å². The van der Waals surface area contributed by atoms with E-state index in [1.54, 1.807) is 0 Å². The lowest BCUT2D eigenvalue weighted by atomic mass is 9.86. The fourth-order valence-electron chi connectivity index (χ4n) is 2.26. The first-order valence-corrected chi connectivity index (χ1v) is 5.73. The highest BCUT2D eigenvalue weighted by Gasteiger charge is 2.28. The highest BCUT2D eigenvalue weighted by molar-refractivity contribution is 5.43. The molecule has 1 saturated carbocycles. The van der Waals surface area contributed by atoms with Gasteiger partial charge in [-0.25, -0.2) is 0 Å². The van der Waals surface area contributed by atoms with E-state index in [1.165, 1.54) is 19.3 Å². The predicted molar refractivity (Wildman–Crippen MR) is 63.0 cm³/mol. The molecule has 0 radical (unpaired) electrons. The van der Waals surface area contributed by atoms with Gasteiger partial charge in [-0.05, 0) is 44.7 Å². The van der Waals surface area contributed by atoms with Gasteiger partial charge in [0.05, 0.1) is 0 Å². The van der Waals surface area contributed by atoms with Gasteiger partial charge in [0, 0.05) is 11.8 Å². The second-order valence-electron chi connectivity index (χ2n) is 4.69. The zero-order valence-electron chi connectivity index (χ0n) is 9.33. The summed E-state index contributed by atoms with van der Waals surface area (Å²) in [4.78, 5) is 0. The van der Waals surface area contributed by atoms with E-state index in [2.05, 4.69) is 6.92 Å². The molecule has 2 rings (SSSR count). The van der Waals surface area contributed by atoms with Crippen molar-refractivity contribution in [2.75, 3.05) is 5.73 Å². The minimum Gasteiger partial charge on any atom is -0.488 e. The summed E-state index contributed by atoms with van der Waals surface area (Å²) < 4.78 is 6.04. The van der Waals surface area contributed by atoms with Gasteiger partial charge in [-0.1, -0.05) is 12.5 Å². The maximum atomic E-state index is 6.04. The van der Waals surface area contributed by atoms with Gasteiger partial charge in [0.25, 0.3) is 0 Å². The van der Waals surface area contributed by atoms with E-state index in [0.717, 1.165) is 24.3 Å². The Labute approximate surface area is 91.4 Å². The molecule has 0 aliphatic heterocycles. The van der Waals surface area contributed by atoms with Crippen LogP contribution in [-0.2, 0) is 0 Å². The lowest BCUT2D eigenvalue weighted by Crippen LogP contribution is -2.34. The smallest absolute Gasteiger partial charge is 0.122 e. The van der Waals surface area contributed by atoms with E-state index in [4.69, 9.17) is 10.5 Å². The predicted octanol–water partition coefficient (Wildman–Crippen LogP) is 3.37. The molecule has 15 heavy (non-hydrogen) atoms. The number of hydrogen-bond donors (Lipinski definition) is 1. The summed E-state index contributed by atoms with van der Waals surface area (Å²) in [6, 6.07) is 7.71. The molecule has 0 aromatic heterocycles. The molecule has 0 amide bonds. The standard InChI is InChI=1S/C13H19NO/c1-13(8-3-2-4-9-13)15-12-7-5-6-11(14)10-12/h5-7,10H,2-4,8-9,14H2,1H3. The van der Waals surface area contributed by atoms with Crippen molar-refractivity contribution in [3.8, 4) is 5.75 Å². The Balaban J connectivity index is 2.06. The number of rotatable bonds is 2. The lowest BCUT2D eigenvalue weighted by Gasteiger charge is -2.34. The molecule has 1 aromatic carbocycles. The number of ether oxygens (including phenoxy) is 1. The van der Waals surface area contributed by atoms with Crippen molar-refractivity contribution in [1.82, 2.24) is 0 Å². The number of nitrogens with two attached hydrogens (primary N) is 1. The van der Waals surface area contributed by atoms with Gasteiger partial charge in [-0.3, -0.25) is 0 Å².